The van der Waals surface area contributed by atoms with Gasteiger partial charge >= 0.3 is 0 Å². The zero-order valence-electron chi connectivity index (χ0n) is 5.56. The maximum atomic E-state index is 3.85. The van der Waals surface area contributed by atoms with Gasteiger partial charge in [0.1, 0.15) is 0 Å². The van der Waals surface area contributed by atoms with Crippen molar-refractivity contribution in [1.29, 1.82) is 0 Å². The van der Waals surface area contributed by atoms with Crippen molar-refractivity contribution >= 4 is 0 Å². The molecule has 0 atom stereocenters. The van der Waals surface area contributed by atoms with Crippen LogP contribution < -0.4 is 5.73 Å². The first-order valence-electron chi connectivity index (χ1n) is 3.38. The van der Waals surface area contributed by atoms with Gasteiger partial charge in [-0.2, -0.15) is 0 Å². The van der Waals surface area contributed by atoms with Gasteiger partial charge in [-0.1, -0.05) is 6.92 Å². The molecule has 2 heteroatoms. The molecule has 2 nitrogen and oxygen atoms in total. The molecule has 1 rings (SSSR count). The summed E-state index contributed by atoms with van der Waals surface area (Å²) in [4.78, 5) is 2.44. The van der Waals surface area contributed by atoms with Crippen molar-refractivity contribution in [2.75, 3.05) is 26.2 Å². The number of hydrogen-bond donors (Lipinski definition) is 1. The normalized spacial score (nSPS) is 23.2. The Kier molecular flexibility index (Phi) is 1.86. The second-order valence-electron chi connectivity index (χ2n) is 2.51. The van der Waals surface area contributed by atoms with E-state index in [0.717, 1.165) is 12.5 Å². The summed E-state index contributed by atoms with van der Waals surface area (Å²) in [6, 6.07) is 0. The molecule has 0 radical (unpaired) electrons. The van der Waals surface area contributed by atoms with Gasteiger partial charge < -0.3 is 10.6 Å². The summed E-state index contributed by atoms with van der Waals surface area (Å²) in [6.07, 6.45) is 0. The van der Waals surface area contributed by atoms with Crippen LogP contribution in [-0.2, 0) is 0 Å². The highest BCUT2D eigenvalue weighted by Crippen LogP contribution is 2.11. The number of rotatable bonds is 2. The molecule has 3 N–H and O–H groups in total. The van der Waals surface area contributed by atoms with E-state index in [9.17, 15) is 0 Å². The molecule has 48 valence electrons. The molecule has 0 spiro atoms. The van der Waals surface area contributed by atoms with E-state index < -0.39 is 0 Å². The first-order chi connectivity index (χ1) is 3.86. The van der Waals surface area contributed by atoms with Crippen LogP contribution in [0.25, 0.3) is 0 Å². The lowest BCUT2D eigenvalue weighted by molar-refractivity contribution is -0.385. The Hall–Kier alpha value is -0.0800. The molecule has 1 aliphatic rings. The third kappa shape index (κ3) is 1.01. The molecular weight excluding hydrogens is 100 g/mol. The van der Waals surface area contributed by atoms with Gasteiger partial charge in [0.2, 0.25) is 0 Å². The van der Waals surface area contributed by atoms with E-state index in [1.165, 1.54) is 19.6 Å². The summed E-state index contributed by atoms with van der Waals surface area (Å²) in [5.74, 6) is 0.912. The van der Waals surface area contributed by atoms with E-state index in [2.05, 4.69) is 17.6 Å². The predicted octanol–water partition coefficient (Wildman–Crippen LogP) is -0.820. The van der Waals surface area contributed by atoms with Crippen molar-refractivity contribution in [2.24, 2.45) is 5.92 Å². The van der Waals surface area contributed by atoms with E-state index in [-0.39, 0.29) is 0 Å². The largest absolute Gasteiger partial charge is 0.357 e. The lowest BCUT2D eigenvalue weighted by atomic mass is 10.0. The van der Waals surface area contributed by atoms with Gasteiger partial charge in [0.15, 0.2) is 0 Å². The van der Waals surface area contributed by atoms with Crippen molar-refractivity contribution in [3.05, 3.63) is 0 Å². The number of likely N-dealkylation sites (tertiary alicyclic amines) is 1. The molecule has 1 saturated heterocycles. The first kappa shape index (κ1) is 6.05. The van der Waals surface area contributed by atoms with E-state index in [4.69, 9.17) is 0 Å². The quantitative estimate of drug-likeness (QED) is 0.501. The zero-order valence-corrected chi connectivity index (χ0v) is 5.56. The van der Waals surface area contributed by atoms with Gasteiger partial charge in [0, 0.05) is 19.0 Å². The van der Waals surface area contributed by atoms with Crippen LogP contribution in [0.15, 0.2) is 0 Å². The zero-order chi connectivity index (χ0) is 5.98. The molecule has 0 amide bonds. The van der Waals surface area contributed by atoms with Crippen LogP contribution in [-0.4, -0.2) is 31.1 Å². The van der Waals surface area contributed by atoms with Gasteiger partial charge in [-0.25, -0.2) is 0 Å². The third-order valence-corrected chi connectivity index (χ3v) is 1.89. The molecule has 1 fully saturated rings. The van der Waals surface area contributed by atoms with Crippen LogP contribution in [0.1, 0.15) is 6.92 Å². The molecule has 0 aliphatic carbocycles. The minimum Gasteiger partial charge on any atom is -0.357 e. The summed E-state index contributed by atoms with van der Waals surface area (Å²) >= 11 is 0. The maximum Gasteiger partial charge on any atom is 0.0793 e. The second-order valence-corrected chi connectivity index (χ2v) is 2.51. The lowest BCUT2D eigenvalue weighted by Crippen LogP contribution is -2.62. The smallest absolute Gasteiger partial charge is 0.0793 e. The van der Waals surface area contributed by atoms with Crippen LogP contribution in [0.3, 0.4) is 0 Å². The second kappa shape index (κ2) is 2.46. The SMILES string of the molecule is CCN1CC(C[NH3+])C1. The monoisotopic (exact) mass is 115 g/mol. The van der Waals surface area contributed by atoms with E-state index in [0.29, 0.717) is 0 Å². The average Bonchev–Trinajstić information content (AvgIpc) is 1.65. The molecule has 1 heterocycles. The van der Waals surface area contributed by atoms with Gasteiger partial charge in [-0.3, -0.25) is 0 Å². The third-order valence-electron chi connectivity index (χ3n) is 1.89. The predicted molar refractivity (Wildman–Crippen MR) is 33.4 cm³/mol. The minimum atomic E-state index is 0.912. The molecular formula is C6H15N2+. The summed E-state index contributed by atoms with van der Waals surface area (Å²) < 4.78 is 0. The van der Waals surface area contributed by atoms with Gasteiger partial charge in [-0.15, -0.1) is 0 Å². The molecule has 0 unspecified atom stereocenters. The van der Waals surface area contributed by atoms with Crippen LogP contribution in [0.2, 0.25) is 0 Å². The Morgan fingerprint density at radius 3 is 2.62 bits per heavy atom. The average molecular weight is 115 g/mol. The highest BCUT2D eigenvalue weighted by atomic mass is 15.2. The minimum absolute atomic E-state index is 0.912. The van der Waals surface area contributed by atoms with Gasteiger partial charge in [0.05, 0.1) is 6.54 Å². The molecule has 0 bridgehead atoms. The Morgan fingerprint density at radius 2 is 2.25 bits per heavy atom. The van der Waals surface area contributed by atoms with Crippen molar-refractivity contribution in [2.45, 2.75) is 6.92 Å². The summed E-state index contributed by atoms with van der Waals surface area (Å²) in [5.41, 5.74) is 3.85. The summed E-state index contributed by atoms with van der Waals surface area (Å²) in [5, 5.41) is 0. The van der Waals surface area contributed by atoms with Crippen molar-refractivity contribution in [3.8, 4) is 0 Å². The van der Waals surface area contributed by atoms with Crippen LogP contribution >= 0.6 is 0 Å². The van der Waals surface area contributed by atoms with Gasteiger partial charge in [-0.05, 0) is 6.54 Å². The Labute approximate surface area is 50.7 Å². The van der Waals surface area contributed by atoms with Crippen molar-refractivity contribution in [3.63, 3.8) is 0 Å². The lowest BCUT2D eigenvalue weighted by Gasteiger charge is -2.36. The van der Waals surface area contributed by atoms with Crippen LogP contribution in [0.4, 0.5) is 0 Å². The fourth-order valence-electron chi connectivity index (χ4n) is 1.12. The molecule has 0 aromatic heterocycles. The Morgan fingerprint density at radius 1 is 1.62 bits per heavy atom. The summed E-state index contributed by atoms with van der Waals surface area (Å²) in [7, 11) is 0. The topological polar surface area (TPSA) is 30.9 Å². The fraction of sp³-hybridized carbons (Fsp3) is 1.00. The fourth-order valence-corrected chi connectivity index (χ4v) is 1.12. The van der Waals surface area contributed by atoms with Crippen molar-refractivity contribution < 1.29 is 5.73 Å². The molecule has 0 aromatic carbocycles. The van der Waals surface area contributed by atoms with E-state index in [1.807, 2.05) is 0 Å². The summed E-state index contributed by atoms with van der Waals surface area (Å²) in [6.45, 7) is 7.13. The Bertz CT molecular complexity index is 58.9. The molecule has 1 aliphatic heterocycles. The highest BCUT2D eigenvalue weighted by Gasteiger charge is 2.24. The Balaban J connectivity index is 2.03. The van der Waals surface area contributed by atoms with Crippen LogP contribution in [0, 0.1) is 5.92 Å². The number of nitrogens with zero attached hydrogens (tertiary/aromatic N) is 1. The molecule has 8 heavy (non-hydrogen) atoms. The molecule has 0 aromatic rings. The number of quaternary nitrogens is 1. The van der Waals surface area contributed by atoms with Crippen molar-refractivity contribution in [1.82, 2.24) is 4.90 Å². The number of hydrogen-bond acceptors (Lipinski definition) is 1. The first-order valence-corrected chi connectivity index (χ1v) is 3.38. The molecule has 0 saturated carbocycles. The van der Waals surface area contributed by atoms with E-state index in [1.54, 1.807) is 0 Å². The van der Waals surface area contributed by atoms with Crippen LogP contribution in [0.5, 0.6) is 0 Å². The maximum absolute atomic E-state index is 3.85. The van der Waals surface area contributed by atoms with E-state index >= 15 is 0 Å². The standard InChI is InChI=1S/C6H14N2/c1-2-8-4-6(3-7)5-8/h6H,2-5,7H2,1H3/p+1. The highest BCUT2D eigenvalue weighted by molar-refractivity contribution is 4.76. The van der Waals surface area contributed by atoms with Gasteiger partial charge in [0.25, 0.3) is 0 Å².